The van der Waals surface area contributed by atoms with Crippen molar-refractivity contribution in [2.24, 2.45) is 0 Å². The zero-order chi connectivity index (χ0) is 25.1. The lowest BCUT2D eigenvalue weighted by Gasteiger charge is -2.20. The molecule has 35 heavy (non-hydrogen) atoms. The molecule has 4 rings (SSSR count). The van der Waals surface area contributed by atoms with Gasteiger partial charge in [0.25, 0.3) is 23.4 Å². The molecule has 0 aliphatic carbocycles. The zero-order valence-electron chi connectivity index (χ0n) is 17.8. The summed E-state index contributed by atoms with van der Waals surface area (Å²) in [7, 11) is 0. The Balaban J connectivity index is 1.52. The van der Waals surface area contributed by atoms with E-state index in [0.717, 1.165) is 17.0 Å². The number of carbonyl (C=O) groups is 4. The maximum absolute atomic E-state index is 13.0. The number of nitrogens with one attached hydrogen (secondary N) is 1. The van der Waals surface area contributed by atoms with Crippen LogP contribution in [-0.4, -0.2) is 40.1 Å². The molecule has 1 aliphatic rings. The van der Waals surface area contributed by atoms with Crippen LogP contribution in [0.2, 0.25) is 5.02 Å². The summed E-state index contributed by atoms with van der Waals surface area (Å²) in [5.74, 6) is -3.05. The molecule has 11 heteroatoms. The van der Waals surface area contributed by atoms with E-state index in [1.165, 1.54) is 18.2 Å². The largest absolute Gasteiger partial charge is 0.446 e. The van der Waals surface area contributed by atoms with E-state index in [0.29, 0.717) is 5.56 Å². The van der Waals surface area contributed by atoms with Crippen LogP contribution < -0.4 is 5.32 Å². The summed E-state index contributed by atoms with van der Waals surface area (Å²) in [5.41, 5.74) is 0.476. The van der Waals surface area contributed by atoms with Crippen LogP contribution in [0.4, 0.5) is 11.4 Å². The Morgan fingerprint density at radius 3 is 2.14 bits per heavy atom. The quantitative estimate of drug-likeness (QED) is 0.229. The number of carbonyl (C=O) groups excluding carboxylic acids is 4. The average molecular weight is 494 g/mol. The highest BCUT2D eigenvalue weighted by Crippen LogP contribution is 2.29. The van der Waals surface area contributed by atoms with Gasteiger partial charge in [-0.05, 0) is 18.2 Å². The molecule has 0 saturated carbocycles. The van der Waals surface area contributed by atoms with Gasteiger partial charge in [-0.2, -0.15) is 0 Å². The number of esters is 1. The summed E-state index contributed by atoms with van der Waals surface area (Å²) in [6.07, 6.45) is -1.45. The van der Waals surface area contributed by atoms with E-state index in [1.807, 2.05) is 0 Å². The molecule has 3 amide bonds. The average Bonchev–Trinajstić information content (AvgIpc) is 3.09. The molecule has 1 N–H and O–H groups in total. The number of imide groups is 1. The highest BCUT2D eigenvalue weighted by Gasteiger charge is 2.37. The molecule has 3 aromatic rings. The molecular weight excluding hydrogens is 478 g/mol. The Labute approximate surface area is 203 Å². The van der Waals surface area contributed by atoms with Gasteiger partial charge in [0.1, 0.15) is 6.54 Å². The van der Waals surface area contributed by atoms with Gasteiger partial charge in [-0.25, -0.2) is 0 Å². The van der Waals surface area contributed by atoms with E-state index < -0.39 is 41.3 Å². The van der Waals surface area contributed by atoms with Crippen molar-refractivity contribution >= 4 is 46.7 Å². The number of hydrogen-bond acceptors (Lipinski definition) is 7. The normalized spacial score (nSPS) is 13.2. The molecule has 1 heterocycles. The summed E-state index contributed by atoms with van der Waals surface area (Å²) in [4.78, 5) is 61.9. The van der Waals surface area contributed by atoms with E-state index in [4.69, 9.17) is 16.3 Å². The maximum atomic E-state index is 13.0. The third-order valence-electron chi connectivity index (χ3n) is 5.18. The first kappa shape index (κ1) is 23.6. The zero-order valence-corrected chi connectivity index (χ0v) is 18.6. The molecular formula is C24H16ClN3O7. The first-order valence-electron chi connectivity index (χ1n) is 10.2. The molecule has 0 fully saturated rings. The maximum Gasteiger partial charge on any atom is 0.327 e. The summed E-state index contributed by atoms with van der Waals surface area (Å²) in [6, 6.07) is 17.7. The Hall–Kier alpha value is -4.57. The first-order chi connectivity index (χ1) is 16.8. The van der Waals surface area contributed by atoms with Crippen LogP contribution in [0.1, 0.15) is 32.4 Å². The Kier molecular flexibility index (Phi) is 6.56. The van der Waals surface area contributed by atoms with E-state index in [1.54, 1.807) is 42.5 Å². The SMILES string of the molecule is O=C(CN1C(=O)c2ccccc2C1=O)OC(C(=O)Nc1ccc([N+](=O)[O-])cc1Cl)c1ccccc1. The molecule has 0 spiro atoms. The molecule has 176 valence electrons. The fourth-order valence-corrected chi connectivity index (χ4v) is 3.72. The predicted molar refractivity (Wildman–Crippen MR) is 124 cm³/mol. The lowest BCUT2D eigenvalue weighted by atomic mass is 10.1. The van der Waals surface area contributed by atoms with Crippen molar-refractivity contribution < 1.29 is 28.8 Å². The van der Waals surface area contributed by atoms with Gasteiger partial charge >= 0.3 is 5.97 Å². The van der Waals surface area contributed by atoms with E-state index in [2.05, 4.69) is 5.32 Å². The minimum atomic E-state index is -1.45. The number of rotatable bonds is 7. The fourth-order valence-electron chi connectivity index (χ4n) is 3.50. The molecule has 10 nitrogen and oxygen atoms in total. The molecule has 0 saturated heterocycles. The molecule has 0 bridgehead atoms. The number of nitrogens with zero attached hydrogens (tertiary/aromatic N) is 2. The molecule has 0 aromatic heterocycles. The van der Waals surface area contributed by atoms with Crippen molar-refractivity contribution in [2.45, 2.75) is 6.10 Å². The molecule has 3 aromatic carbocycles. The number of amides is 3. The lowest BCUT2D eigenvalue weighted by molar-refractivity contribution is -0.384. The van der Waals surface area contributed by atoms with Gasteiger partial charge in [0.05, 0.1) is 26.8 Å². The fraction of sp³-hybridized carbons (Fsp3) is 0.0833. The van der Waals surface area contributed by atoms with Crippen molar-refractivity contribution in [3.05, 3.63) is 105 Å². The van der Waals surface area contributed by atoms with Crippen LogP contribution in [0.3, 0.4) is 0 Å². The summed E-state index contributed by atoms with van der Waals surface area (Å²) in [6.45, 7) is -0.693. The Morgan fingerprint density at radius 1 is 0.971 bits per heavy atom. The smallest absolute Gasteiger partial charge is 0.327 e. The van der Waals surface area contributed by atoms with Crippen molar-refractivity contribution in [3.63, 3.8) is 0 Å². The number of anilines is 1. The predicted octanol–water partition coefficient (Wildman–Crippen LogP) is 3.77. The van der Waals surface area contributed by atoms with Crippen LogP contribution in [-0.2, 0) is 14.3 Å². The molecule has 1 unspecified atom stereocenters. The topological polar surface area (TPSA) is 136 Å². The Morgan fingerprint density at radius 2 is 1.57 bits per heavy atom. The third-order valence-corrected chi connectivity index (χ3v) is 5.49. The van der Waals surface area contributed by atoms with Gasteiger partial charge in [0.15, 0.2) is 0 Å². The van der Waals surface area contributed by atoms with Crippen molar-refractivity contribution in [2.75, 3.05) is 11.9 Å². The summed E-state index contributed by atoms with van der Waals surface area (Å²) < 4.78 is 5.38. The van der Waals surface area contributed by atoms with Crippen LogP contribution in [0, 0.1) is 10.1 Å². The van der Waals surface area contributed by atoms with Crippen LogP contribution in [0.15, 0.2) is 72.8 Å². The van der Waals surface area contributed by atoms with E-state index in [-0.39, 0.29) is 27.5 Å². The number of nitro groups is 1. The Bertz CT molecular complexity index is 1330. The van der Waals surface area contributed by atoms with Gasteiger partial charge in [0, 0.05) is 17.7 Å². The van der Waals surface area contributed by atoms with Gasteiger partial charge < -0.3 is 10.1 Å². The number of non-ortho nitro benzene ring substituents is 1. The second-order valence-electron chi connectivity index (χ2n) is 7.43. The highest BCUT2D eigenvalue weighted by atomic mass is 35.5. The van der Waals surface area contributed by atoms with Crippen molar-refractivity contribution in [3.8, 4) is 0 Å². The number of hydrogen-bond donors (Lipinski definition) is 1. The standard InChI is InChI=1S/C24H16ClN3O7/c25-18-12-15(28(33)34)10-11-19(18)26-22(30)21(14-6-2-1-3-7-14)35-20(29)13-27-23(31)16-8-4-5-9-17(16)24(27)32/h1-12,21H,13H2,(H,26,30). The van der Waals surface area contributed by atoms with Crippen LogP contribution in [0.25, 0.3) is 0 Å². The van der Waals surface area contributed by atoms with Gasteiger partial charge in [0.2, 0.25) is 6.10 Å². The minimum Gasteiger partial charge on any atom is -0.446 e. The number of benzene rings is 3. The van der Waals surface area contributed by atoms with Gasteiger partial charge in [-0.15, -0.1) is 0 Å². The van der Waals surface area contributed by atoms with Crippen LogP contribution >= 0.6 is 11.6 Å². The van der Waals surface area contributed by atoms with E-state index in [9.17, 15) is 29.3 Å². The number of nitro benzene ring substituents is 1. The number of fused-ring (bicyclic) bond motifs is 1. The minimum absolute atomic E-state index is 0.0691. The first-order valence-corrected chi connectivity index (χ1v) is 10.6. The second-order valence-corrected chi connectivity index (χ2v) is 7.84. The van der Waals surface area contributed by atoms with Crippen molar-refractivity contribution in [1.29, 1.82) is 0 Å². The van der Waals surface area contributed by atoms with Crippen LogP contribution in [0.5, 0.6) is 0 Å². The lowest BCUT2D eigenvalue weighted by Crippen LogP contribution is -2.37. The van der Waals surface area contributed by atoms with Crippen molar-refractivity contribution in [1.82, 2.24) is 4.90 Å². The second kappa shape index (κ2) is 9.74. The molecule has 0 radical (unpaired) electrons. The van der Waals surface area contributed by atoms with E-state index >= 15 is 0 Å². The monoisotopic (exact) mass is 493 g/mol. The summed E-state index contributed by atoms with van der Waals surface area (Å²) in [5, 5.41) is 13.3. The highest BCUT2D eigenvalue weighted by molar-refractivity contribution is 6.34. The molecule has 1 atom stereocenters. The third kappa shape index (κ3) is 4.87. The number of ether oxygens (including phenoxy) is 1. The summed E-state index contributed by atoms with van der Waals surface area (Å²) >= 11 is 6.06. The number of halogens is 1. The van der Waals surface area contributed by atoms with Gasteiger partial charge in [-0.3, -0.25) is 34.2 Å². The van der Waals surface area contributed by atoms with Gasteiger partial charge in [-0.1, -0.05) is 54.1 Å². The molecule has 1 aliphatic heterocycles.